The number of hydrogen-bond acceptors (Lipinski definition) is 1. The van der Waals surface area contributed by atoms with E-state index in [1.165, 1.54) is 5.56 Å². The fourth-order valence-electron chi connectivity index (χ4n) is 2.27. The lowest BCUT2D eigenvalue weighted by Gasteiger charge is -2.16. The van der Waals surface area contributed by atoms with Gasteiger partial charge in [0.05, 0.1) is 0 Å². The third-order valence-corrected chi connectivity index (χ3v) is 3.46. The summed E-state index contributed by atoms with van der Waals surface area (Å²) in [5.74, 6) is 0. The molecule has 18 heavy (non-hydrogen) atoms. The first-order chi connectivity index (χ1) is 8.40. The fraction of sp³-hybridized carbons (Fsp3) is 0.250. The zero-order valence-corrected chi connectivity index (χ0v) is 11.4. The Morgan fingerprint density at radius 3 is 1.44 bits per heavy atom. The van der Waals surface area contributed by atoms with E-state index in [0.29, 0.717) is 5.69 Å². The highest BCUT2D eigenvalue weighted by Gasteiger charge is 2.05. The lowest BCUT2D eigenvalue weighted by Crippen LogP contribution is -1.94. The summed E-state index contributed by atoms with van der Waals surface area (Å²) in [6, 6.07) is 8.36. The molecule has 2 nitrogen and oxygen atoms in total. The van der Waals surface area contributed by atoms with Crippen LogP contribution in [0.2, 0.25) is 0 Å². The summed E-state index contributed by atoms with van der Waals surface area (Å²) in [7, 11) is 0. The first kappa shape index (κ1) is 12.5. The molecule has 0 fully saturated rings. The van der Waals surface area contributed by atoms with E-state index in [9.17, 15) is 0 Å². The molecule has 0 spiro atoms. The number of nitrogens with one attached hydrogen (secondary N) is 1. The SMILES string of the molecule is Cc1cc(-c2cc(C)c(N)c(C)c2)cc(C)c1[NH-]. The molecule has 94 valence electrons. The molecular formula is C16H19N2-. The van der Waals surface area contributed by atoms with Crippen LogP contribution in [0.4, 0.5) is 11.4 Å². The van der Waals surface area contributed by atoms with Crippen molar-refractivity contribution in [1.29, 1.82) is 0 Å². The summed E-state index contributed by atoms with van der Waals surface area (Å²) >= 11 is 0. The molecule has 2 rings (SSSR count). The van der Waals surface area contributed by atoms with Crippen molar-refractivity contribution in [2.75, 3.05) is 5.73 Å². The summed E-state index contributed by atoms with van der Waals surface area (Å²) in [6.07, 6.45) is 0. The Morgan fingerprint density at radius 2 is 1.06 bits per heavy atom. The predicted molar refractivity (Wildman–Crippen MR) is 79.2 cm³/mol. The topological polar surface area (TPSA) is 49.8 Å². The van der Waals surface area contributed by atoms with E-state index in [1.807, 2.05) is 27.7 Å². The monoisotopic (exact) mass is 239 g/mol. The van der Waals surface area contributed by atoms with Crippen molar-refractivity contribution in [3.8, 4) is 11.1 Å². The van der Waals surface area contributed by atoms with Gasteiger partial charge in [-0.25, -0.2) is 0 Å². The average molecular weight is 239 g/mol. The molecule has 2 heteroatoms. The molecule has 0 atom stereocenters. The summed E-state index contributed by atoms with van der Waals surface area (Å²) in [6.45, 7) is 8.03. The van der Waals surface area contributed by atoms with Crippen LogP contribution < -0.4 is 5.73 Å². The molecule has 0 aliphatic heterocycles. The van der Waals surface area contributed by atoms with Gasteiger partial charge in [0, 0.05) is 5.69 Å². The van der Waals surface area contributed by atoms with Gasteiger partial charge in [-0.2, -0.15) is 0 Å². The highest BCUT2D eigenvalue weighted by molar-refractivity contribution is 5.74. The number of nitrogens with two attached hydrogens (primary N) is 1. The maximum absolute atomic E-state index is 7.90. The zero-order valence-electron chi connectivity index (χ0n) is 11.4. The molecule has 0 bridgehead atoms. The van der Waals surface area contributed by atoms with E-state index in [2.05, 4.69) is 24.3 Å². The highest BCUT2D eigenvalue weighted by Crippen LogP contribution is 2.32. The van der Waals surface area contributed by atoms with Crippen LogP contribution in [0.3, 0.4) is 0 Å². The van der Waals surface area contributed by atoms with Crippen molar-refractivity contribution in [2.24, 2.45) is 0 Å². The third kappa shape index (κ3) is 2.06. The second-order valence-corrected chi connectivity index (χ2v) is 5.01. The molecule has 0 radical (unpaired) electrons. The van der Waals surface area contributed by atoms with Gasteiger partial charge in [-0.1, -0.05) is 23.3 Å². The summed E-state index contributed by atoms with van der Waals surface area (Å²) in [4.78, 5) is 0. The van der Waals surface area contributed by atoms with Crippen molar-refractivity contribution in [3.63, 3.8) is 0 Å². The van der Waals surface area contributed by atoms with E-state index >= 15 is 0 Å². The van der Waals surface area contributed by atoms with Crippen molar-refractivity contribution in [3.05, 3.63) is 52.3 Å². The lowest BCUT2D eigenvalue weighted by molar-refractivity contribution is 1.37. The summed E-state index contributed by atoms with van der Waals surface area (Å²) in [5, 5.41) is 0. The van der Waals surface area contributed by atoms with Crippen LogP contribution in [-0.2, 0) is 0 Å². The van der Waals surface area contributed by atoms with Crippen molar-refractivity contribution in [2.45, 2.75) is 27.7 Å². The predicted octanol–water partition coefficient (Wildman–Crippen LogP) is 4.85. The Kier molecular flexibility index (Phi) is 3.04. The lowest BCUT2D eigenvalue weighted by atomic mass is 9.95. The fourth-order valence-corrected chi connectivity index (χ4v) is 2.27. The molecule has 0 aromatic heterocycles. The molecule has 0 saturated heterocycles. The maximum Gasteiger partial charge on any atom is 0.0373 e. The van der Waals surface area contributed by atoms with Gasteiger partial charge in [-0.05, 0) is 62.1 Å². The van der Waals surface area contributed by atoms with Crippen LogP contribution in [0, 0.1) is 27.7 Å². The Hall–Kier alpha value is -1.96. The van der Waals surface area contributed by atoms with Gasteiger partial charge >= 0.3 is 0 Å². The van der Waals surface area contributed by atoms with Crippen LogP contribution in [0.25, 0.3) is 16.9 Å². The van der Waals surface area contributed by atoms with E-state index in [4.69, 9.17) is 11.5 Å². The third-order valence-electron chi connectivity index (χ3n) is 3.46. The standard InChI is InChI=1S/C16H19N2/c1-9-5-13(6-10(2)15(9)17)14-7-11(3)16(18)12(4)8-14/h5-8,17H,18H2,1-4H3/q-1. The molecule has 0 aliphatic carbocycles. The minimum atomic E-state index is 0.627. The molecule has 3 N–H and O–H groups in total. The summed E-state index contributed by atoms with van der Waals surface area (Å²) in [5.41, 5.74) is 21.9. The molecule has 0 aliphatic rings. The Morgan fingerprint density at radius 1 is 0.722 bits per heavy atom. The Labute approximate surface area is 109 Å². The van der Waals surface area contributed by atoms with Crippen LogP contribution in [0.1, 0.15) is 22.3 Å². The van der Waals surface area contributed by atoms with E-state index < -0.39 is 0 Å². The molecule has 0 heterocycles. The number of benzene rings is 2. The molecular weight excluding hydrogens is 220 g/mol. The number of rotatable bonds is 1. The molecule has 2 aromatic carbocycles. The van der Waals surface area contributed by atoms with Crippen molar-refractivity contribution >= 4 is 11.4 Å². The minimum Gasteiger partial charge on any atom is -0.698 e. The molecule has 0 saturated carbocycles. The number of hydrogen-bond donors (Lipinski definition) is 1. The molecule has 0 unspecified atom stereocenters. The van der Waals surface area contributed by atoms with Gasteiger partial charge in [0.15, 0.2) is 0 Å². The Bertz CT molecular complexity index is 511. The second kappa shape index (κ2) is 4.37. The van der Waals surface area contributed by atoms with Gasteiger partial charge in [0.1, 0.15) is 0 Å². The van der Waals surface area contributed by atoms with E-state index in [-0.39, 0.29) is 0 Å². The molecule has 0 amide bonds. The van der Waals surface area contributed by atoms with Crippen LogP contribution in [0.15, 0.2) is 24.3 Å². The minimum absolute atomic E-state index is 0.627. The van der Waals surface area contributed by atoms with Gasteiger partial charge in [0.2, 0.25) is 0 Å². The van der Waals surface area contributed by atoms with E-state index in [0.717, 1.165) is 33.5 Å². The highest BCUT2D eigenvalue weighted by atomic mass is 14.6. The van der Waals surface area contributed by atoms with Gasteiger partial charge in [-0.15, -0.1) is 5.69 Å². The first-order valence-electron chi connectivity index (χ1n) is 6.10. The normalized spacial score (nSPS) is 10.7. The zero-order chi connectivity index (χ0) is 13.4. The first-order valence-corrected chi connectivity index (χ1v) is 6.10. The Balaban J connectivity index is 2.63. The van der Waals surface area contributed by atoms with Crippen LogP contribution >= 0.6 is 0 Å². The van der Waals surface area contributed by atoms with Gasteiger partial charge in [0.25, 0.3) is 0 Å². The number of nitrogen functional groups attached to an aromatic ring is 1. The smallest absolute Gasteiger partial charge is 0.0373 e. The average Bonchev–Trinajstić information content (AvgIpc) is 2.31. The number of anilines is 1. The van der Waals surface area contributed by atoms with Crippen LogP contribution in [-0.4, -0.2) is 0 Å². The van der Waals surface area contributed by atoms with Crippen LogP contribution in [0.5, 0.6) is 0 Å². The van der Waals surface area contributed by atoms with Gasteiger partial charge < -0.3 is 11.5 Å². The summed E-state index contributed by atoms with van der Waals surface area (Å²) < 4.78 is 0. The maximum atomic E-state index is 7.90. The van der Waals surface area contributed by atoms with E-state index in [1.54, 1.807) is 0 Å². The molecule has 2 aromatic rings. The number of aryl methyl sites for hydroxylation is 4. The van der Waals surface area contributed by atoms with Crippen molar-refractivity contribution in [1.82, 2.24) is 0 Å². The second-order valence-electron chi connectivity index (χ2n) is 5.01. The van der Waals surface area contributed by atoms with Crippen molar-refractivity contribution < 1.29 is 0 Å². The quantitative estimate of drug-likeness (QED) is 0.710. The largest absolute Gasteiger partial charge is 0.698 e. The van der Waals surface area contributed by atoms with Gasteiger partial charge in [-0.3, -0.25) is 0 Å².